The minimum atomic E-state index is 0.195. The number of hydrogen-bond acceptors (Lipinski definition) is 4. The third-order valence-corrected chi connectivity index (χ3v) is 2.83. The lowest BCUT2D eigenvalue weighted by molar-refractivity contribution is 0.388. The SMILES string of the molecule is CC(CNC(C)(C)C)NCc1cncs1. The van der Waals surface area contributed by atoms with Crippen LogP contribution in [-0.4, -0.2) is 23.1 Å². The Labute approximate surface area is 96.3 Å². The van der Waals surface area contributed by atoms with E-state index in [9.17, 15) is 0 Å². The van der Waals surface area contributed by atoms with Crippen molar-refractivity contribution >= 4 is 11.3 Å². The molecule has 0 aliphatic heterocycles. The predicted molar refractivity (Wildman–Crippen MR) is 66.2 cm³/mol. The molecule has 0 fully saturated rings. The molecule has 0 aliphatic carbocycles. The standard InChI is InChI=1S/C11H21N3S/c1-9(5-14-11(2,3)4)13-7-10-6-12-8-15-10/h6,8-9,13-14H,5,7H2,1-4H3. The Morgan fingerprint density at radius 3 is 2.73 bits per heavy atom. The van der Waals surface area contributed by atoms with Gasteiger partial charge in [-0.1, -0.05) is 0 Å². The Morgan fingerprint density at radius 2 is 2.20 bits per heavy atom. The Hall–Kier alpha value is -0.450. The molecule has 0 aromatic carbocycles. The van der Waals surface area contributed by atoms with E-state index < -0.39 is 0 Å². The molecule has 0 saturated heterocycles. The van der Waals surface area contributed by atoms with Crippen molar-refractivity contribution in [1.29, 1.82) is 0 Å². The Morgan fingerprint density at radius 1 is 1.47 bits per heavy atom. The lowest BCUT2D eigenvalue weighted by Crippen LogP contribution is -2.44. The number of hydrogen-bond donors (Lipinski definition) is 2. The largest absolute Gasteiger partial charge is 0.311 e. The lowest BCUT2D eigenvalue weighted by atomic mass is 10.1. The van der Waals surface area contributed by atoms with Gasteiger partial charge in [-0.15, -0.1) is 11.3 Å². The summed E-state index contributed by atoms with van der Waals surface area (Å²) in [5, 5.41) is 6.94. The maximum atomic E-state index is 4.05. The molecule has 0 saturated carbocycles. The van der Waals surface area contributed by atoms with Crippen LogP contribution >= 0.6 is 11.3 Å². The molecule has 0 aliphatic rings. The Balaban J connectivity index is 2.16. The molecule has 3 nitrogen and oxygen atoms in total. The van der Waals surface area contributed by atoms with Gasteiger partial charge in [-0.2, -0.15) is 0 Å². The molecule has 1 heterocycles. The van der Waals surface area contributed by atoms with Crippen LogP contribution in [0.2, 0.25) is 0 Å². The Kier molecular flexibility index (Phi) is 4.70. The summed E-state index contributed by atoms with van der Waals surface area (Å²) in [6.07, 6.45) is 1.92. The second-order valence-corrected chi connectivity index (χ2v) is 5.85. The highest BCUT2D eigenvalue weighted by molar-refractivity contribution is 7.09. The number of aromatic nitrogens is 1. The van der Waals surface area contributed by atoms with Crippen molar-refractivity contribution in [2.75, 3.05) is 6.54 Å². The zero-order valence-electron chi connectivity index (χ0n) is 10.0. The molecular formula is C11H21N3S. The smallest absolute Gasteiger partial charge is 0.0794 e. The van der Waals surface area contributed by atoms with Gasteiger partial charge < -0.3 is 10.6 Å². The number of thiazole rings is 1. The average molecular weight is 227 g/mol. The third-order valence-electron chi connectivity index (χ3n) is 2.05. The van der Waals surface area contributed by atoms with Crippen molar-refractivity contribution in [3.63, 3.8) is 0 Å². The zero-order valence-corrected chi connectivity index (χ0v) is 10.8. The van der Waals surface area contributed by atoms with Crippen LogP contribution < -0.4 is 10.6 Å². The number of nitrogens with zero attached hydrogens (tertiary/aromatic N) is 1. The molecule has 15 heavy (non-hydrogen) atoms. The fourth-order valence-corrected chi connectivity index (χ4v) is 1.68. The summed E-state index contributed by atoms with van der Waals surface area (Å²) < 4.78 is 0. The molecule has 2 N–H and O–H groups in total. The number of rotatable bonds is 5. The van der Waals surface area contributed by atoms with Gasteiger partial charge in [-0.25, -0.2) is 0 Å². The normalized spacial score (nSPS) is 14.1. The second-order valence-electron chi connectivity index (χ2n) is 4.88. The average Bonchev–Trinajstić information content (AvgIpc) is 2.62. The van der Waals surface area contributed by atoms with Crippen LogP contribution in [0.15, 0.2) is 11.7 Å². The molecule has 1 unspecified atom stereocenters. The minimum absolute atomic E-state index is 0.195. The molecule has 1 atom stereocenters. The van der Waals surface area contributed by atoms with Crippen molar-refractivity contribution in [2.45, 2.75) is 45.8 Å². The van der Waals surface area contributed by atoms with E-state index in [2.05, 4.69) is 43.3 Å². The molecule has 0 bridgehead atoms. The maximum absolute atomic E-state index is 4.05. The van der Waals surface area contributed by atoms with E-state index in [-0.39, 0.29) is 5.54 Å². The summed E-state index contributed by atoms with van der Waals surface area (Å²) in [6.45, 7) is 10.6. The van der Waals surface area contributed by atoms with Crippen molar-refractivity contribution in [3.8, 4) is 0 Å². The van der Waals surface area contributed by atoms with E-state index >= 15 is 0 Å². The van der Waals surface area contributed by atoms with Crippen LogP contribution in [0, 0.1) is 0 Å². The molecule has 0 amide bonds. The van der Waals surface area contributed by atoms with Crippen molar-refractivity contribution in [3.05, 3.63) is 16.6 Å². The van der Waals surface area contributed by atoms with E-state index in [1.165, 1.54) is 4.88 Å². The van der Waals surface area contributed by atoms with Gasteiger partial charge >= 0.3 is 0 Å². The molecule has 86 valence electrons. The van der Waals surface area contributed by atoms with Gasteiger partial charge in [0.05, 0.1) is 5.51 Å². The fraction of sp³-hybridized carbons (Fsp3) is 0.727. The predicted octanol–water partition coefficient (Wildman–Crippen LogP) is 2.01. The molecule has 1 aromatic rings. The molecule has 1 aromatic heterocycles. The fourth-order valence-electron chi connectivity index (χ4n) is 1.14. The molecular weight excluding hydrogens is 206 g/mol. The summed E-state index contributed by atoms with van der Waals surface area (Å²) in [5.74, 6) is 0. The van der Waals surface area contributed by atoms with Crippen molar-refractivity contribution in [1.82, 2.24) is 15.6 Å². The van der Waals surface area contributed by atoms with Crippen LogP contribution in [0.5, 0.6) is 0 Å². The summed E-state index contributed by atoms with van der Waals surface area (Å²) in [4.78, 5) is 5.34. The molecule has 4 heteroatoms. The first-order valence-corrected chi connectivity index (χ1v) is 6.21. The van der Waals surface area contributed by atoms with Gasteiger partial charge in [0.1, 0.15) is 0 Å². The quantitative estimate of drug-likeness (QED) is 0.808. The van der Waals surface area contributed by atoms with E-state index in [1.54, 1.807) is 11.3 Å². The van der Waals surface area contributed by atoms with Gasteiger partial charge in [-0.05, 0) is 27.7 Å². The first-order chi connectivity index (χ1) is 6.97. The first kappa shape index (κ1) is 12.6. The van der Waals surface area contributed by atoms with Gasteiger partial charge in [0.2, 0.25) is 0 Å². The van der Waals surface area contributed by atoms with Crippen molar-refractivity contribution in [2.24, 2.45) is 0 Å². The van der Waals surface area contributed by atoms with E-state index in [1.807, 2.05) is 11.7 Å². The topological polar surface area (TPSA) is 37.0 Å². The van der Waals surface area contributed by atoms with Gasteiger partial charge in [0.15, 0.2) is 0 Å². The van der Waals surface area contributed by atoms with Crippen molar-refractivity contribution < 1.29 is 0 Å². The van der Waals surface area contributed by atoms with Crippen LogP contribution in [0.25, 0.3) is 0 Å². The summed E-state index contributed by atoms with van der Waals surface area (Å²) in [6, 6.07) is 0.478. The lowest BCUT2D eigenvalue weighted by Gasteiger charge is -2.23. The van der Waals surface area contributed by atoms with E-state index in [4.69, 9.17) is 0 Å². The minimum Gasteiger partial charge on any atom is -0.311 e. The van der Waals surface area contributed by atoms with Gasteiger partial charge in [-0.3, -0.25) is 4.98 Å². The summed E-state index contributed by atoms with van der Waals surface area (Å²) in [7, 11) is 0. The highest BCUT2D eigenvalue weighted by Gasteiger charge is 2.10. The van der Waals surface area contributed by atoms with Crippen LogP contribution in [0.1, 0.15) is 32.6 Å². The van der Waals surface area contributed by atoms with E-state index in [0.29, 0.717) is 6.04 Å². The third kappa shape index (κ3) is 5.87. The Bertz CT molecular complexity index is 264. The van der Waals surface area contributed by atoms with Crippen LogP contribution in [0.3, 0.4) is 0 Å². The monoisotopic (exact) mass is 227 g/mol. The van der Waals surface area contributed by atoms with Gasteiger partial charge in [0, 0.05) is 35.7 Å². The number of nitrogens with one attached hydrogen (secondary N) is 2. The highest BCUT2D eigenvalue weighted by atomic mass is 32.1. The first-order valence-electron chi connectivity index (χ1n) is 5.33. The molecule has 0 spiro atoms. The second kappa shape index (κ2) is 5.58. The zero-order chi connectivity index (χ0) is 11.3. The highest BCUT2D eigenvalue weighted by Crippen LogP contribution is 2.04. The molecule has 1 rings (SSSR count). The van der Waals surface area contributed by atoms with Crippen LogP contribution in [-0.2, 0) is 6.54 Å². The summed E-state index contributed by atoms with van der Waals surface area (Å²) >= 11 is 1.69. The summed E-state index contributed by atoms with van der Waals surface area (Å²) in [5.41, 5.74) is 2.06. The molecule has 0 radical (unpaired) electrons. The maximum Gasteiger partial charge on any atom is 0.0794 e. The van der Waals surface area contributed by atoms with E-state index in [0.717, 1.165) is 13.1 Å². The van der Waals surface area contributed by atoms with Gasteiger partial charge in [0.25, 0.3) is 0 Å². The van der Waals surface area contributed by atoms with Crippen LogP contribution in [0.4, 0.5) is 0 Å².